The molecule has 2 aromatic rings. The first kappa shape index (κ1) is 13.9. The minimum Gasteiger partial charge on any atom is -0.497 e. The lowest BCUT2D eigenvalue weighted by Crippen LogP contribution is -2.28. The van der Waals surface area contributed by atoms with Crippen molar-refractivity contribution < 1.29 is 13.9 Å². The molecular formula is C13H15BrN2O3. The van der Waals surface area contributed by atoms with Gasteiger partial charge in [0.05, 0.1) is 14.2 Å². The van der Waals surface area contributed by atoms with E-state index in [4.69, 9.17) is 19.7 Å². The van der Waals surface area contributed by atoms with E-state index in [9.17, 15) is 0 Å². The maximum Gasteiger partial charge on any atom is 0.169 e. The average Bonchev–Trinajstić information content (AvgIpc) is 2.86. The normalized spacial score (nSPS) is 12.2. The largest absolute Gasteiger partial charge is 0.497 e. The number of hydrogen-bond acceptors (Lipinski definition) is 5. The number of nitrogens with two attached hydrogens (primary N) is 1. The summed E-state index contributed by atoms with van der Waals surface area (Å²) >= 11 is 3.27. The maximum atomic E-state index is 5.63. The second kappa shape index (κ2) is 6.10. The Labute approximate surface area is 119 Å². The van der Waals surface area contributed by atoms with Gasteiger partial charge in [-0.15, -0.1) is 0 Å². The average molecular weight is 327 g/mol. The number of rotatable bonds is 5. The molecule has 0 aliphatic rings. The van der Waals surface area contributed by atoms with Crippen molar-refractivity contribution in [3.63, 3.8) is 0 Å². The molecule has 1 aromatic carbocycles. The van der Waals surface area contributed by atoms with Crippen molar-refractivity contribution in [2.75, 3.05) is 14.2 Å². The number of hydrogen-bond donors (Lipinski definition) is 2. The molecule has 1 unspecified atom stereocenters. The minimum absolute atomic E-state index is 0.299. The fraction of sp³-hybridized carbons (Fsp3) is 0.231. The molecule has 1 atom stereocenters. The minimum atomic E-state index is -0.299. The highest BCUT2D eigenvalue weighted by molar-refractivity contribution is 9.10. The molecule has 0 amide bonds. The Morgan fingerprint density at radius 2 is 2.00 bits per heavy atom. The van der Waals surface area contributed by atoms with Crippen LogP contribution in [0.3, 0.4) is 0 Å². The van der Waals surface area contributed by atoms with Gasteiger partial charge in [-0.25, -0.2) is 5.43 Å². The number of furan rings is 1. The fourth-order valence-corrected chi connectivity index (χ4v) is 2.18. The topological polar surface area (TPSA) is 69.7 Å². The zero-order chi connectivity index (χ0) is 13.8. The monoisotopic (exact) mass is 326 g/mol. The first-order chi connectivity index (χ1) is 9.19. The lowest BCUT2D eigenvalue weighted by atomic mass is 10.0. The Morgan fingerprint density at radius 3 is 2.53 bits per heavy atom. The molecule has 3 N–H and O–H groups in total. The molecule has 1 heterocycles. The maximum absolute atomic E-state index is 5.63. The molecule has 0 saturated carbocycles. The van der Waals surface area contributed by atoms with E-state index in [0.29, 0.717) is 16.2 Å². The highest BCUT2D eigenvalue weighted by Gasteiger charge is 2.20. The van der Waals surface area contributed by atoms with E-state index < -0.39 is 0 Å². The highest BCUT2D eigenvalue weighted by Crippen LogP contribution is 2.33. The first-order valence-corrected chi connectivity index (χ1v) is 6.42. The third-order valence-electron chi connectivity index (χ3n) is 2.80. The fourth-order valence-electron chi connectivity index (χ4n) is 1.87. The smallest absolute Gasteiger partial charge is 0.169 e. The number of ether oxygens (including phenoxy) is 2. The summed E-state index contributed by atoms with van der Waals surface area (Å²) in [6.45, 7) is 0. The molecule has 6 heteroatoms. The van der Waals surface area contributed by atoms with Crippen molar-refractivity contribution in [1.29, 1.82) is 0 Å². The quantitative estimate of drug-likeness (QED) is 0.653. The first-order valence-electron chi connectivity index (χ1n) is 5.63. The standard InChI is InChI=1S/C13H15BrN2O3/c1-17-8-3-4-9(11(7-8)18-2)13(16-15)10-5-6-12(14)19-10/h3-7,13,16H,15H2,1-2H3. The van der Waals surface area contributed by atoms with Crippen LogP contribution in [0.25, 0.3) is 0 Å². The Hall–Kier alpha value is -1.50. The van der Waals surface area contributed by atoms with E-state index in [-0.39, 0.29) is 6.04 Å². The van der Waals surface area contributed by atoms with Crippen molar-refractivity contribution in [1.82, 2.24) is 5.43 Å². The van der Waals surface area contributed by atoms with E-state index in [1.807, 2.05) is 24.3 Å². The molecule has 0 bridgehead atoms. The van der Waals surface area contributed by atoms with Crippen LogP contribution in [0.15, 0.2) is 39.4 Å². The number of benzene rings is 1. The van der Waals surface area contributed by atoms with Gasteiger partial charge in [0.15, 0.2) is 4.67 Å². The van der Waals surface area contributed by atoms with Gasteiger partial charge in [-0.3, -0.25) is 5.84 Å². The van der Waals surface area contributed by atoms with Crippen LogP contribution in [0.2, 0.25) is 0 Å². The zero-order valence-electron chi connectivity index (χ0n) is 10.6. The van der Waals surface area contributed by atoms with Gasteiger partial charge in [0, 0.05) is 11.6 Å². The van der Waals surface area contributed by atoms with Crippen LogP contribution in [0, 0.1) is 0 Å². The highest BCUT2D eigenvalue weighted by atomic mass is 79.9. The molecule has 1 aromatic heterocycles. The molecule has 102 valence electrons. The van der Waals surface area contributed by atoms with Gasteiger partial charge in [-0.1, -0.05) is 0 Å². The van der Waals surface area contributed by atoms with Gasteiger partial charge in [-0.05, 0) is 40.2 Å². The Bertz CT molecular complexity index is 557. The van der Waals surface area contributed by atoms with Crippen LogP contribution in [-0.2, 0) is 0 Å². The van der Waals surface area contributed by atoms with Gasteiger partial charge in [0.2, 0.25) is 0 Å². The van der Waals surface area contributed by atoms with Crippen LogP contribution in [0.4, 0.5) is 0 Å². The summed E-state index contributed by atoms with van der Waals surface area (Å²) in [7, 11) is 3.21. The summed E-state index contributed by atoms with van der Waals surface area (Å²) in [5.74, 6) is 7.72. The van der Waals surface area contributed by atoms with Gasteiger partial charge in [0.25, 0.3) is 0 Å². The molecule has 2 rings (SSSR count). The van der Waals surface area contributed by atoms with Crippen LogP contribution in [-0.4, -0.2) is 14.2 Å². The van der Waals surface area contributed by atoms with E-state index in [1.165, 1.54) is 0 Å². The molecule has 0 aliphatic heterocycles. The van der Waals surface area contributed by atoms with Crippen molar-refractivity contribution >= 4 is 15.9 Å². The lowest BCUT2D eigenvalue weighted by molar-refractivity contribution is 0.379. The van der Waals surface area contributed by atoms with Crippen LogP contribution >= 0.6 is 15.9 Å². The van der Waals surface area contributed by atoms with E-state index in [2.05, 4.69) is 21.4 Å². The molecule has 0 saturated heterocycles. The molecule has 19 heavy (non-hydrogen) atoms. The molecule has 5 nitrogen and oxygen atoms in total. The summed E-state index contributed by atoms with van der Waals surface area (Å²) < 4.78 is 16.7. The molecule has 0 fully saturated rings. The summed E-state index contributed by atoms with van der Waals surface area (Å²) in [4.78, 5) is 0. The zero-order valence-corrected chi connectivity index (χ0v) is 12.2. The van der Waals surface area contributed by atoms with E-state index in [0.717, 1.165) is 11.3 Å². The van der Waals surface area contributed by atoms with Gasteiger partial charge < -0.3 is 13.9 Å². The molecule has 0 aliphatic carbocycles. The summed E-state index contributed by atoms with van der Waals surface area (Å²) in [6, 6.07) is 8.90. The Morgan fingerprint density at radius 1 is 1.21 bits per heavy atom. The van der Waals surface area contributed by atoms with Crippen LogP contribution in [0.5, 0.6) is 11.5 Å². The van der Waals surface area contributed by atoms with Crippen molar-refractivity contribution in [2.24, 2.45) is 5.84 Å². The number of hydrazine groups is 1. The molecule has 0 radical (unpaired) electrons. The van der Waals surface area contributed by atoms with Crippen LogP contribution < -0.4 is 20.7 Å². The number of halogens is 1. The summed E-state index contributed by atoms with van der Waals surface area (Å²) in [5.41, 5.74) is 3.59. The van der Waals surface area contributed by atoms with Crippen molar-refractivity contribution in [2.45, 2.75) is 6.04 Å². The van der Waals surface area contributed by atoms with Gasteiger partial charge >= 0.3 is 0 Å². The van der Waals surface area contributed by atoms with Crippen LogP contribution in [0.1, 0.15) is 17.4 Å². The Balaban J connectivity index is 2.43. The molecule has 0 spiro atoms. The third kappa shape index (κ3) is 2.91. The predicted molar refractivity (Wildman–Crippen MR) is 75.1 cm³/mol. The predicted octanol–water partition coefficient (Wildman–Crippen LogP) is 2.61. The molecular weight excluding hydrogens is 312 g/mol. The second-order valence-corrected chi connectivity index (χ2v) is 4.63. The third-order valence-corrected chi connectivity index (χ3v) is 3.22. The van der Waals surface area contributed by atoms with Crippen molar-refractivity contribution in [3.8, 4) is 11.5 Å². The SMILES string of the molecule is COc1ccc(C(NN)c2ccc(Br)o2)c(OC)c1. The van der Waals surface area contributed by atoms with E-state index in [1.54, 1.807) is 20.3 Å². The summed E-state index contributed by atoms with van der Waals surface area (Å²) in [5, 5.41) is 0. The second-order valence-electron chi connectivity index (χ2n) is 3.85. The lowest BCUT2D eigenvalue weighted by Gasteiger charge is -2.17. The number of methoxy groups -OCH3 is 2. The summed E-state index contributed by atoms with van der Waals surface area (Å²) in [6.07, 6.45) is 0. The Kier molecular flexibility index (Phi) is 4.47. The van der Waals surface area contributed by atoms with Gasteiger partial charge in [-0.2, -0.15) is 0 Å². The van der Waals surface area contributed by atoms with E-state index >= 15 is 0 Å². The van der Waals surface area contributed by atoms with Gasteiger partial charge in [0.1, 0.15) is 23.3 Å². The van der Waals surface area contributed by atoms with Crippen molar-refractivity contribution in [3.05, 3.63) is 46.3 Å². The number of nitrogens with one attached hydrogen (secondary N) is 1.